The summed E-state index contributed by atoms with van der Waals surface area (Å²) in [7, 11) is 0. The molecule has 6 heteroatoms. The highest BCUT2D eigenvalue weighted by molar-refractivity contribution is 5.94. The zero-order valence-corrected chi connectivity index (χ0v) is 15.8. The summed E-state index contributed by atoms with van der Waals surface area (Å²) in [6.45, 7) is 9.72. The van der Waals surface area contributed by atoms with Gasteiger partial charge in [-0.2, -0.15) is 0 Å². The van der Waals surface area contributed by atoms with Gasteiger partial charge in [-0.15, -0.1) is 0 Å². The third-order valence-electron chi connectivity index (χ3n) is 4.40. The first-order valence-electron chi connectivity index (χ1n) is 8.85. The van der Waals surface area contributed by atoms with Crippen LogP contribution in [-0.2, 0) is 4.79 Å². The van der Waals surface area contributed by atoms with Gasteiger partial charge in [0.15, 0.2) is 0 Å². The number of amides is 2. The molecule has 138 valence electrons. The van der Waals surface area contributed by atoms with Gasteiger partial charge in [0.2, 0.25) is 5.91 Å². The fraction of sp³-hybridized carbons (Fsp3) is 0.579. The van der Waals surface area contributed by atoms with Crippen molar-refractivity contribution < 1.29 is 14.3 Å². The fourth-order valence-corrected chi connectivity index (χ4v) is 2.83. The first kappa shape index (κ1) is 19.2. The number of nitrogens with zero attached hydrogens (tertiary/aromatic N) is 1. The number of carbonyl (C=O) groups excluding carboxylic acids is 2. The van der Waals surface area contributed by atoms with E-state index in [0.29, 0.717) is 11.4 Å². The molecule has 2 unspecified atom stereocenters. The van der Waals surface area contributed by atoms with E-state index in [-0.39, 0.29) is 18.0 Å². The number of rotatable bonds is 3. The van der Waals surface area contributed by atoms with E-state index < -0.39 is 11.5 Å². The lowest BCUT2D eigenvalue weighted by atomic mass is 9.95. The molecule has 1 heterocycles. The minimum atomic E-state index is -0.514. The van der Waals surface area contributed by atoms with Crippen molar-refractivity contribution in [2.45, 2.75) is 66.0 Å². The van der Waals surface area contributed by atoms with Crippen LogP contribution in [0.5, 0.6) is 5.75 Å². The van der Waals surface area contributed by atoms with Crippen LogP contribution in [0.1, 0.15) is 53.9 Å². The number of hydrogen-bond donors (Lipinski definition) is 2. The Hall–Kier alpha value is -2.08. The average Bonchev–Trinajstić information content (AvgIpc) is 2.50. The molecule has 0 bridgehead atoms. The molecule has 1 saturated heterocycles. The normalized spacial score (nSPS) is 21.5. The molecule has 2 rings (SSSR count). The van der Waals surface area contributed by atoms with Crippen molar-refractivity contribution in [3.63, 3.8) is 0 Å². The molecule has 0 aromatic heterocycles. The number of piperidine rings is 1. The largest absolute Gasteiger partial charge is 0.427 e. The third-order valence-corrected chi connectivity index (χ3v) is 4.40. The van der Waals surface area contributed by atoms with Gasteiger partial charge in [0.1, 0.15) is 5.75 Å². The summed E-state index contributed by atoms with van der Waals surface area (Å²) in [4.78, 5) is 24.3. The van der Waals surface area contributed by atoms with Crippen molar-refractivity contribution in [1.29, 1.82) is 0 Å². The van der Waals surface area contributed by atoms with Crippen molar-refractivity contribution in [2.24, 2.45) is 5.41 Å². The Morgan fingerprint density at radius 1 is 1.16 bits per heavy atom. The number of benzene rings is 1. The Kier molecular flexibility index (Phi) is 6.06. The summed E-state index contributed by atoms with van der Waals surface area (Å²) in [5.74, 6) is 0.298. The van der Waals surface area contributed by atoms with Crippen LogP contribution in [0.25, 0.3) is 0 Å². The Labute approximate surface area is 149 Å². The molecule has 0 spiro atoms. The van der Waals surface area contributed by atoms with Gasteiger partial charge in [0, 0.05) is 29.3 Å². The molecular weight excluding hydrogens is 318 g/mol. The number of carbonyl (C=O) groups is 2. The predicted octanol–water partition coefficient (Wildman–Crippen LogP) is 3.94. The smallest absolute Gasteiger partial charge is 0.409 e. The minimum Gasteiger partial charge on any atom is -0.409 e. The zero-order chi connectivity index (χ0) is 18.6. The molecule has 0 radical (unpaired) electrons. The second-order valence-electron chi connectivity index (χ2n) is 7.77. The Morgan fingerprint density at radius 3 is 2.40 bits per heavy atom. The van der Waals surface area contributed by atoms with Crippen molar-refractivity contribution >= 4 is 17.7 Å². The standard InChI is InChI=1S/C19H29N3O3/c1-13-8-6-9-14(2)22(13)21-18(24)25-16-11-7-10-15(12-16)20-17(23)19(3,4)5/h7,10-14H,6,8-9H2,1-5H3,(H,20,23)(H,21,24). The maximum atomic E-state index is 12.2. The number of ether oxygens (including phenoxy) is 1. The quantitative estimate of drug-likeness (QED) is 0.869. The van der Waals surface area contributed by atoms with E-state index >= 15 is 0 Å². The molecule has 1 aromatic carbocycles. The SMILES string of the molecule is CC1CCCC(C)N1NC(=O)Oc1cccc(NC(=O)C(C)(C)C)c1. The highest BCUT2D eigenvalue weighted by Gasteiger charge is 2.26. The molecule has 2 amide bonds. The maximum Gasteiger partial charge on any atom is 0.427 e. The third kappa shape index (κ3) is 5.46. The van der Waals surface area contributed by atoms with E-state index in [0.717, 1.165) is 12.8 Å². The maximum absolute atomic E-state index is 12.2. The van der Waals surface area contributed by atoms with Crippen LogP contribution in [0.4, 0.5) is 10.5 Å². The number of nitrogens with one attached hydrogen (secondary N) is 2. The Morgan fingerprint density at radius 2 is 1.80 bits per heavy atom. The number of hydrazine groups is 1. The van der Waals surface area contributed by atoms with E-state index in [9.17, 15) is 9.59 Å². The molecule has 2 N–H and O–H groups in total. The number of hydrogen-bond acceptors (Lipinski definition) is 4. The minimum absolute atomic E-state index is 0.0925. The molecular formula is C19H29N3O3. The van der Waals surface area contributed by atoms with Gasteiger partial charge >= 0.3 is 6.09 Å². The lowest BCUT2D eigenvalue weighted by Crippen LogP contribution is -2.54. The highest BCUT2D eigenvalue weighted by atomic mass is 16.6. The second kappa shape index (κ2) is 7.87. The topological polar surface area (TPSA) is 70.7 Å². The van der Waals surface area contributed by atoms with Gasteiger partial charge in [0.25, 0.3) is 0 Å². The van der Waals surface area contributed by atoms with E-state index in [1.165, 1.54) is 6.42 Å². The molecule has 1 aliphatic heterocycles. The van der Waals surface area contributed by atoms with Crippen LogP contribution in [-0.4, -0.2) is 29.1 Å². The summed E-state index contributed by atoms with van der Waals surface area (Å²) in [5.41, 5.74) is 2.95. The first-order chi connectivity index (χ1) is 11.7. The summed E-state index contributed by atoms with van der Waals surface area (Å²) in [6, 6.07) is 7.42. The Bertz CT molecular complexity index is 615. The van der Waals surface area contributed by atoms with Crippen LogP contribution < -0.4 is 15.5 Å². The van der Waals surface area contributed by atoms with Gasteiger partial charge in [-0.1, -0.05) is 33.3 Å². The van der Waals surface area contributed by atoms with E-state index in [2.05, 4.69) is 24.6 Å². The van der Waals surface area contributed by atoms with Crippen molar-refractivity contribution in [1.82, 2.24) is 10.4 Å². The first-order valence-corrected chi connectivity index (χ1v) is 8.85. The average molecular weight is 347 g/mol. The monoisotopic (exact) mass is 347 g/mol. The van der Waals surface area contributed by atoms with Gasteiger partial charge in [-0.05, 0) is 38.8 Å². The van der Waals surface area contributed by atoms with Crippen LogP contribution in [0.3, 0.4) is 0 Å². The summed E-state index contributed by atoms with van der Waals surface area (Å²) < 4.78 is 5.38. The van der Waals surface area contributed by atoms with Gasteiger partial charge in [-0.3, -0.25) is 10.2 Å². The molecule has 1 fully saturated rings. The molecule has 1 aliphatic rings. The molecule has 6 nitrogen and oxygen atoms in total. The lowest BCUT2D eigenvalue weighted by Gasteiger charge is -2.38. The number of anilines is 1. The fourth-order valence-electron chi connectivity index (χ4n) is 2.83. The van der Waals surface area contributed by atoms with Gasteiger partial charge in [-0.25, -0.2) is 9.80 Å². The van der Waals surface area contributed by atoms with Crippen molar-refractivity contribution in [2.75, 3.05) is 5.32 Å². The van der Waals surface area contributed by atoms with E-state index in [1.807, 2.05) is 25.8 Å². The lowest BCUT2D eigenvalue weighted by molar-refractivity contribution is -0.123. The zero-order valence-electron chi connectivity index (χ0n) is 15.8. The molecule has 2 atom stereocenters. The summed E-state index contributed by atoms with van der Waals surface area (Å²) in [5, 5.41) is 4.79. The second-order valence-corrected chi connectivity index (χ2v) is 7.77. The summed E-state index contributed by atoms with van der Waals surface area (Å²) in [6.07, 6.45) is 2.77. The van der Waals surface area contributed by atoms with E-state index in [1.54, 1.807) is 24.3 Å². The molecule has 25 heavy (non-hydrogen) atoms. The van der Waals surface area contributed by atoms with Crippen LogP contribution in [0.15, 0.2) is 24.3 Å². The molecule has 1 aromatic rings. The Balaban J connectivity index is 1.97. The van der Waals surface area contributed by atoms with Crippen molar-refractivity contribution in [3.05, 3.63) is 24.3 Å². The van der Waals surface area contributed by atoms with E-state index in [4.69, 9.17) is 4.74 Å². The van der Waals surface area contributed by atoms with Crippen LogP contribution in [0, 0.1) is 5.41 Å². The molecule has 0 saturated carbocycles. The van der Waals surface area contributed by atoms with Crippen LogP contribution >= 0.6 is 0 Å². The predicted molar refractivity (Wildman–Crippen MR) is 98.3 cm³/mol. The van der Waals surface area contributed by atoms with Crippen LogP contribution in [0.2, 0.25) is 0 Å². The molecule has 0 aliphatic carbocycles. The summed E-state index contributed by atoms with van der Waals surface area (Å²) >= 11 is 0. The van der Waals surface area contributed by atoms with Crippen molar-refractivity contribution in [3.8, 4) is 5.75 Å². The van der Waals surface area contributed by atoms with Gasteiger partial charge in [0.05, 0.1) is 0 Å². The van der Waals surface area contributed by atoms with Gasteiger partial charge < -0.3 is 10.1 Å². The highest BCUT2D eigenvalue weighted by Crippen LogP contribution is 2.22.